The molecule has 0 amide bonds. The summed E-state index contributed by atoms with van der Waals surface area (Å²) in [5, 5.41) is 11.8. The summed E-state index contributed by atoms with van der Waals surface area (Å²) in [5.74, 6) is 0.202. The molecule has 2 aliphatic heterocycles. The van der Waals surface area contributed by atoms with E-state index in [1.54, 1.807) is 32.0 Å². The normalized spacial score (nSPS) is 26.4. The van der Waals surface area contributed by atoms with Crippen molar-refractivity contribution in [3.05, 3.63) is 53.6 Å². The molecule has 0 saturated carbocycles. The molecule has 2 aromatic rings. The molecule has 0 spiro atoms. The van der Waals surface area contributed by atoms with Crippen LogP contribution in [0.1, 0.15) is 31.0 Å². The van der Waals surface area contributed by atoms with Gasteiger partial charge >= 0.3 is 5.97 Å². The highest BCUT2D eigenvalue weighted by atomic mass is 16.7. The Morgan fingerprint density at radius 2 is 2.00 bits per heavy atom. The zero-order valence-corrected chi connectivity index (χ0v) is 18.8. The van der Waals surface area contributed by atoms with Gasteiger partial charge in [0.25, 0.3) is 0 Å². The molecule has 2 aliphatic rings. The van der Waals surface area contributed by atoms with Crippen LogP contribution < -0.4 is 15.4 Å². The van der Waals surface area contributed by atoms with Gasteiger partial charge in [0.1, 0.15) is 17.9 Å². The van der Waals surface area contributed by atoms with E-state index in [9.17, 15) is 9.90 Å². The summed E-state index contributed by atoms with van der Waals surface area (Å²) in [7, 11) is 2.99. The zero-order valence-electron chi connectivity index (χ0n) is 18.8. The molecule has 0 unspecified atom stereocenters. The minimum Gasteiger partial charge on any atom is -0.479 e. The van der Waals surface area contributed by atoms with Gasteiger partial charge in [-0.3, -0.25) is 0 Å². The second-order valence-corrected chi connectivity index (χ2v) is 8.28. The molecule has 8 nitrogen and oxygen atoms in total. The van der Waals surface area contributed by atoms with Gasteiger partial charge in [0, 0.05) is 37.6 Å². The van der Waals surface area contributed by atoms with E-state index in [0.717, 1.165) is 11.3 Å². The van der Waals surface area contributed by atoms with E-state index in [2.05, 4.69) is 0 Å². The largest absolute Gasteiger partial charge is 0.479 e. The van der Waals surface area contributed by atoms with Gasteiger partial charge in [0.2, 0.25) is 0 Å². The number of rotatable bonds is 6. The van der Waals surface area contributed by atoms with Crippen molar-refractivity contribution in [2.45, 2.75) is 50.3 Å². The van der Waals surface area contributed by atoms with Crippen LogP contribution in [-0.4, -0.2) is 55.9 Å². The number of benzene rings is 2. The van der Waals surface area contributed by atoms with Gasteiger partial charge in [-0.05, 0) is 43.7 Å². The highest BCUT2D eigenvalue weighted by Gasteiger charge is 2.56. The number of carbonyl (C=O) groups excluding carboxylic acids is 1. The van der Waals surface area contributed by atoms with Crippen molar-refractivity contribution >= 4 is 17.3 Å². The fraction of sp³-hybridized carbons (Fsp3) is 0.458. The minimum absolute atomic E-state index is 0.270. The molecule has 0 aromatic heterocycles. The summed E-state index contributed by atoms with van der Waals surface area (Å²) < 4.78 is 22.7. The Kier molecular flexibility index (Phi) is 6.03. The summed E-state index contributed by atoms with van der Waals surface area (Å²) in [6.45, 7) is 3.79. The van der Waals surface area contributed by atoms with Crippen LogP contribution in [0.2, 0.25) is 0 Å². The van der Waals surface area contributed by atoms with Crippen molar-refractivity contribution in [1.82, 2.24) is 0 Å². The summed E-state index contributed by atoms with van der Waals surface area (Å²) in [6.07, 6.45) is -1.50. The number of carbonyl (C=O) groups is 1. The lowest BCUT2D eigenvalue weighted by Gasteiger charge is -2.50. The number of fused-ring (bicyclic) bond motifs is 2. The number of esters is 1. The van der Waals surface area contributed by atoms with Crippen LogP contribution in [0.3, 0.4) is 0 Å². The van der Waals surface area contributed by atoms with E-state index in [-0.39, 0.29) is 12.6 Å². The number of ether oxygens (including phenoxy) is 4. The highest BCUT2D eigenvalue weighted by molar-refractivity contribution is 5.84. The van der Waals surface area contributed by atoms with Gasteiger partial charge < -0.3 is 34.7 Å². The first-order valence-electron chi connectivity index (χ1n) is 10.7. The van der Waals surface area contributed by atoms with Gasteiger partial charge in [-0.15, -0.1) is 0 Å². The predicted molar refractivity (Wildman–Crippen MR) is 119 cm³/mol. The number of anilines is 2. The zero-order chi connectivity index (χ0) is 23.0. The van der Waals surface area contributed by atoms with Crippen LogP contribution >= 0.6 is 0 Å². The third-order valence-electron chi connectivity index (χ3n) is 6.34. The maximum absolute atomic E-state index is 13.0. The van der Waals surface area contributed by atoms with E-state index in [4.69, 9.17) is 24.7 Å². The Balaban J connectivity index is 1.90. The number of nitrogen functional groups attached to an aromatic ring is 1. The molecule has 2 heterocycles. The van der Waals surface area contributed by atoms with Crippen molar-refractivity contribution in [1.29, 1.82) is 0 Å². The maximum Gasteiger partial charge on any atom is 0.329 e. The predicted octanol–water partition coefficient (Wildman–Crippen LogP) is 2.44. The van der Waals surface area contributed by atoms with Crippen LogP contribution in [0, 0.1) is 0 Å². The Hall–Kier alpha value is -2.81. The molecular formula is C24H30N2O6. The summed E-state index contributed by atoms with van der Waals surface area (Å²) in [5.41, 5.74) is 7.94. The number of nitrogens with zero attached hydrogens (tertiary/aromatic N) is 1. The quantitative estimate of drug-likeness (QED) is 0.399. The number of hydrogen-bond acceptors (Lipinski definition) is 8. The summed E-state index contributed by atoms with van der Waals surface area (Å²) in [4.78, 5) is 14.9. The molecule has 3 N–H and O–H groups in total. The van der Waals surface area contributed by atoms with Crippen molar-refractivity contribution in [3.63, 3.8) is 0 Å². The topological polar surface area (TPSA) is 103 Å². The highest BCUT2D eigenvalue weighted by Crippen LogP contribution is 2.50. The summed E-state index contributed by atoms with van der Waals surface area (Å²) >= 11 is 0. The van der Waals surface area contributed by atoms with Crippen molar-refractivity contribution in [2.75, 3.05) is 31.5 Å². The fourth-order valence-corrected chi connectivity index (χ4v) is 4.91. The van der Waals surface area contributed by atoms with Gasteiger partial charge in [-0.25, -0.2) is 4.79 Å². The monoisotopic (exact) mass is 442 g/mol. The molecule has 4 atom stereocenters. The lowest BCUT2D eigenvalue weighted by Crippen LogP contribution is -2.63. The van der Waals surface area contributed by atoms with E-state index < -0.39 is 30.1 Å². The van der Waals surface area contributed by atoms with Gasteiger partial charge in [-0.1, -0.05) is 18.2 Å². The van der Waals surface area contributed by atoms with Gasteiger partial charge in [0.05, 0.1) is 12.6 Å². The molecule has 4 rings (SSSR count). The molecule has 0 bridgehead atoms. The Morgan fingerprint density at radius 1 is 1.28 bits per heavy atom. The number of aliphatic hydroxyl groups is 1. The molecule has 0 radical (unpaired) electrons. The number of aliphatic hydroxyl groups excluding tert-OH is 1. The SMILES string of the molecule is CCOC(=O)[C@H]1Cc2ccccc2N1[C@H]1c2cc(N)ccc2O[C@](C)(C(OC)OC)[C@@H]1O. The number of hydrogen-bond donors (Lipinski definition) is 2. The lowest BCUT2D eigenvalue weighted by molar-refractivity contribution is -0.237. The van der Waals surface area contributed by atoms with Crippen molar-refractivity contribution in [2.24, 2.45) is 0 Å². The van der Waals surface area contributed by atoms with Crippen molar-refractivity contribution < 1.29 is 28.8 Å². The maximum atomic E-state index is 13.0. The first-order valence-corrected chi connectivity index (χ1v) is 10.7. The average molecular weight is 443 g/mol. The number of nitrogens with two attached hydrogens (primary N) is 1. The van der Waals surface area contributed by atoms with E-state index >= 15 is 0 Å². The van der Waals surface area contributed by atoms with Crippen molar-refractivity contribution in [3.8, 4) is 5.75 Å². The standard InChI is InChI=1S/C24H30N2O6/c1-5-31-22(28)18-12-14-8-6-7-9-17(14)26(18)20-16-13-15(25)10-11-19(16)32-24(2,21(20)27)23(29-3)30-4/h6-11,13,18,20-21,23,27H,5,12,25H2,1-4H3/t18-,20+,21-,24+/m1/s1. The second-order valence-electron chi connectivity index (χ2n) is 8.28. The lowest BCUT2D eigenvalue weighted by atomic mass is 9.83. The average Bonchev–Trinajstić information content (AvgIpc) is 3.16. The first-order chi connectivity index (χ1) is 15.3. The Labute approximate surface area is 187 Å². The first kappa shape index (κ1) is 22.4. The Morgan fingerprint density at radius 3 is 2.69 bits per heavy atom. The number of para-hydroxylation sites is 1. The molecule has 8 heteroatoms. The van der Waals surface area contributed by atoms with E-state index in [1.165, 1.54) is 14.2 Å². The fourth-order valence-electron chi connectivity index (χ4n) is 4.91. The molecule has 32 heavy (non-hydrogen) atoms. The van der Waals surface area contributed by atoms with Crippen LogP contribution in [0.25, 0.3) is 0 Å². The smallest absolute Gasteiger partial charge is 0.329 e. The molecule has 172 valence electrons. The third-order valence-corrected chi connectivity index (χ3v) is 6.34. The molecule has 0 aliphatic carbocycles. The summed E-state index contributed by atoms with van der Waals surface area (Å²) in [6, 6.07) is 11.8. The molecule has 2 aromatic carbocycles. The van der Waals surface area contributed by atoms with E-state index in [0.29, 0.717) is 23.4 Å². The van der Waals surface area contributed by atoms with Gasteiger partial charge in [0.15, 0.2) is 11.9 Å². The minimum atomic E-state index is -1.26. The third kappa shape index (κ3) is 3.48. The molecule has 0 saturated heterocycles. The van der Waals surface area contributed by atoms with Crippen LogP contribution in [0.15, 0.2) is 42.5 Å². The Bertz CT molecular complexity index is 994. The molecular weight excluding hydrogens is 412 g/mol. The van der Waals surface area contributed by atoms with Crippen LogP contribution in [0.4, 0.5) is 11.4 Å². The number of methoxy groups -OCH3 is 2. The van der Waals surface area contributed by atoms with Crippen LogP contribution in [0.5, 0.6) is 5.75 Å². The second kappa shape index (κ2) is 8.61. The van der Waals surface area contributed by atoms with Crippen LogP contribution in [-0.2, 0) is 25.4 Å². The molecule has 0 fully saturated rings. The van der Waals surface area contributed by atoms with Gasteiger partial charge in [-0.2, -0.15) is 0 Å². The van der Waals surface area contributed by atoms with E-state index in [1.807, 2.05) is 29.2 Å².